The number of carbonyl (C=O) groups excluding carboxylic acids is 2. The zero-order valence-electron chi connectivity index (χ0n) is 18.7. The van der Waals surface area contributed by atoms with Crippen LogP contribution in [0.5, 0.6) is 5.75 Å². The number of esters is 2. The van der Waals surface area contributed by atoms with Gasteiger partial charge in [0.2, 0.25) is 0 Å². The van der Waals surface area contributed by atoms with Crippen molar-refractivity contribution in [1.82, 2.24) is 0 Å². The molecule has 1 aliphatic heterocycles. The molecule has 0 amide bonds. The second-order valence-corrected chi connectivity index (χ2v) is 8.66. The molecule has 0 radical (unpaired) electrons. The van der Waals surface area contributed by atoms with E-state index in [4.69, 9.17) is 18.6 Å². The minimum absolute atomic E-state index is 0.133. The van der Waals surface area contributed by atoms with Crippen molar-refractivity contribution in [3.63, 3.8) is 0 Å². The first-order valence-electron chi connectivity index (χ1n) is 10.3. The van der Waals surface area contributed by atoms with Crippen LogP contribution in [0.15, 0.2) is 45.1 Å². The van der Waals surface area contributed by atoms with Gasteiger partial charge in [0.25, 0.3) is 0 Å². The number of carbonyl (C=O) groups is 2. The molecule has 1 aromatic heterocycles. The van der Waals surface area contributed by atoms with Gasteiger partial charge in [-0.25, -0.2) is 9.59 Å². The number of fused-ring (bicyclic) bond motifs is 3. The van der Waals surface area contributed by atoms with Crippen LogP contribution in [0.4, 0.5) is 0 Å². The van der Waals surface area contributed by atoms with E-state index in [1.807, 2.05) is 13.8 Å². The molecule has 2 heterocycles. The van der Waals surface area contributed by atoms with Gasteiger partial charge in [0, 0.05) is 23.4 Å². The minimum atomic E-state index is -1.12. The highest BCUT2D eigenvalue weighted by molar-refractivity contribution is 5.89. The van der Waals surface area contributed by atoms with Gasteiger partial charge in [0.1, 0.15) is 16.9 Å². The number of rotatable bonds is 6. The van der Waals surface area contributed by atoms with Gasteiger partial charge in [0.15, 0.2) is 12.2 Å². The van der Waals surface area contributed by atoms with Crippen LogP contribution in [0, 0.1) is 5.92 Å². The summed E-state index contributed by atoms with van der Waals surface area (Å²) in [5, 5.41) is 0.668. The van der Waals surface area contributed by atoms with E-state index in [9.17, 15) is 14.4 Å². The monoisotopic (exact) mass is 428 g/mol. The lowest BCUT2D eigenvalue weighted by Crippen LogP contribution is -2.46. The van der Waals surface area contributed by atoms with Gasteiger partial charge in [-0.2, -0.15) is 0 Å². The molecule has 2 aromatic rings. The van der Waals surface area contributed by atoms with Crippen LogP contribution >= 0.6 is 0 Å². The van der Waals surface area contributed by atoms with Crippen molar-refractivity contribution in [2.45, 2.75) is 65.8 Å². The summed E-state index contributed by atoms with van der Waals surface area (Å²) >= 11 is 0. The fraction of sp³-hybridized carbons (Fsp3) is 0.458. The van der Waals surface area contributed by atoms with Crippen LogP contribution in [0.1, 0.15) is 59.6 Å². The molecule has 7 heteroatoms. The molecule has 0 fully saturated rings. The zero-order chi connectivity index (χ0) is 22.9. The first-order valence-corrected chi connectivity index (χ1v) is 10.3. The lowest BCUT2D eigenvalue weighted by atomic mass is 9.93. The Morgan fingerprint density at radius 1 is 1.19 bits per heavy atom. The van der Waals surface area contributed by atoms with Gasteiger partial charge in [-0.1, -0.05) is 19.9 Å². The number of allylic oxidation sites excluding steroid dienone is 1. The van der Waals surface area contributed by atoms with Gasteiger partial charge in [-0.15, -0.1) is 0 Å². The number of hydrogen-bond acceptors (Lipinski definition) is 7. The fourth-order valence-electron chi connectivity index (χ4n) is 3.54. The van der Waals surface area contributed by atoms with Crippen LogP contribution in [-0.4, -0.2) is 23.6 Å². The summed E-state index contributed by atoms with van der Waals surface area (Å²) < 4.78 is 23.1. The largest absolute Gasteiger partial charge is 0.481 e. The Kier molecular flexibility index (Phi) is 6.25. The summed E-state index contributed by atoms with van der Waals surface area (Å²) in [6.45, 7) is 10.7. The molecule has 7 nitrogen and oxygen atoms in total. The third kappa shape index (κ3) is 4.65. The van der Waals surface area contributed by atoms with Gasteiger partial charge in [-0.3, -0.25) is 4.79 Å². The molecule has 0 bridgehead atoms. The van der Waals surface area contributed by atoms with Crippen LogP contribution in [0.2, 0.25) is 0 Å². The van der Waals surface area contributed by atoms with E-state index in [0.717, 1.165) is 0 Å². The highest BCUT2D eigenvalue weighted by Crippen LogP contribution is 2.47. The molecule has 0 N–H and O–H groups in total. The van der Waals surface area contributed by atoms with Crippen molar-refractivity contribution >= 4 is 22.9 Å². The predicted octanol–water partition coefficient (Wildman–Crippen LogP) is 4.47. The van der Waals surface area contributed by atoms with Crippen LogP contribution in [0.25, 0.3) is 11.0 Å². The van der Waals surface area contributed by atoms with Gasteiger partial charge < -0.3 is 18.6 Å². The Hall–Kier alpha value is -3.09. The highest BCUT2D eigenvalue weighted by Gasteiger charge is 2.50. The molecule has 1 aromatic carbocycles. The Morgan fingerprint density at radius 2 is 1.87 bits per heavy atom. The lowest BCUT2D eigenvalue weighted by molar-refractivity contribution is -0.176. The Morgan fingerprint density at radius 3 is 2.52 bits per heavy atom. The van der Waals surface area contributed by atoms with Crippen molar-refractivity contribution in [2.75, 3.05) is 0 Å². The fourth-order valence-corrected chi connectivity index (χ4v) is 3.54. The molecule has 3 rings (SSSR count). The van der Waals surface area contributed by atoms with E-state index < -0.39 is 29.4 Å². The highest BCUT2D eigenvalue weighted by atomic mass is 16.6. The third-order valence-electron chi connectivity index (χ3n) is 5.23. The molecule has 1 aliphatic rings. The maximum atomic E-state index is 12.6. The van der Waals surface area contributed by atoms with E-state index >= 15 is 0 Å². The Labute approximate surface area is 181 Å². The van der Waals surface area contributed by atoms with Gasteiger partial charge in [-0.05, 0) is 51.8 Å². The van der Waals surface area contributed by atoms with E-state index in [1.54, 1.807) is 52.0 Å². The second-order valence-electron chi connectivity index (χ2n) is 8.66. The summed E-state index contributed by atoms with van der Waals surface area (Å²) in [5.74, 6) is -0.357. The van der Waals surface area contributed by atoms with Crippen LogP contribution < -0.4 is 10.4 Å². The first-order chi connectivity index (χ1) is 14.5. The summed E-state index contributed by atoms with van der Waals surface area (Å²) in [5.41, 5.74) is -0.496. The minimum Gasteiger partial charge on any atom is -0.481 e. The van der Waals surface area contributed by atoms with Crippen LogP contribution in [-0.2, 0) is 19.1 Å². The third-order valence-corrected chi connectivity index (χ3v) is 5.23. The molecule has 2 atom stereocenters. The topological polar surface area (TPSA) is 92.0 Å². The lowest BCUT2D eigenvalue weighted by Gasteiger charge is -2.34. The molecule has 0 unspecified atom stereocenters. The van der Waals surface area contributed by atoms with Crippen molar-refractivity contribution in [1.29, 1.82) is 0 Å². The summed E-state index contributed by atoms with van der Waals surface area (Å²) in [6.07, 6.45) is 0.130. The van der Waals surface area contributed by atoms with E-state index in [-0.39, 0.29) is 23.9 Å². The molecule has 0 aliphatic carbocycles. The maximum Gasteiger partial charge on any atom is 0.336 e. The maximum absolute atomic E-state index is 12.6. The van der Waals surface area contributed by atoms with Crippen molar-refractivity contribution in [3.05, 3.63) is 51.9 Å². The molecular formula is C24H28O7. The first kappa shape index (κ1) is 22.6. The zero-order valence-corrected chi connectivity index (χ0v) is 18.7. The van der Waals surface area contributed by atoms with E-state index in [2.05, 4.69) is 0 Å². The SMILES string of the molecule is C/C=C(/C)C(=O)O[C@H]1c2c(ccc3ccc(=O)oc23)O[C@H]1C(C)(C)OC(=O)CC(C)C. The molecule has 31 heavy (non-hydrogen) atoms. The van der Waals surface area contributed by atoms with Crippen molar-refractivity contribution in [3.8, 4) is 5.75 Å². The van der Waals surface area contributed by atoms with E-state index in [1.165, 1.54) is 6.07 Å². The average Bonchev–Trinajstić information content (AvgIpc) is 3.05. The molecule has 0 saturated heterocycles. The van der Waals surface area contributed by atoms with Crippen LogP contribution in [0.3, 0.4) is 0 Å². The summed E-state index contributed by atoms with van der Waals surface area (Å²) in [7, 11) is 0. The van der Waals surface area contributed by atoms with Crippen molar-refractivity contribution in [2.24, 2.45) is 5.92 Å². The Balaban J connectivity index is 2.07. The number of benzene rings is 1. The quantitative estimate of drug-likeness (QED) is 0.381. The predicted molar refractivity (Wildman–Crippen MR) is 115 cm³/mol. The Bertz CT molecular complexity index is 1090. The van der Waals surface area contributed by atoms with E-state index in [0.29, 0.717) is 22.3 Å². The molecule has 0 saturated carbocycles. The molecule has 166 valence electrons. The normalized spacial score (nSPS) is 18.6. The second kappa shape index (κ2) is 8.57. The number of hydrogen-bond donors (Lipinski definition) is 0. The standard InChI is InChI=1S/C24H28O7/c1-7-14(4)23(27)30-21-19-16(10-8-15-9-11-17(25)29-20(15)19)28-22(21)24(5,6)31-18(26)12-13(2)3/h7-11,13,21-22H,12H2,1-6H3/b14-7-/t21-,22+/m0/s1. The number of ether oxygens (including phenoxy) is 3. The smallest absolute Gasteiger partial charge is 0.336 e. The average molecular weight is 428 g/mol. The van der Waals surface area contributed by atoms with Gasteiger partial charge in [0.05, 0.1) is 5.56 Å². The molecule has 0 spiro atoms. The van der Waals surface area contributed by atoms with Crippen molar-refractivity contribution < 1.29 is 28.2 Å². The molecular weight excluding hydrogens is 400 g/mol. The summed E-state index contributed by atoms with van der Waals surface area (Å²) in [6, 6.07) is 6.45. The van der Waals surface area contributed by atoms with Gasteiger partial charge >= 0.3 is 17.6 Å². The summed E-state index contributed by atoms with van der Waals surface area (Å²) in [4.78, 5) is 36.9.